The molecule has 0 bridgehead atoms. The molecule has 0 aromatic carbocycles. The predicted molar refractivity (Wildman–Crippen MR) is 57.8 cm³/mol. The average Bonchev–Trinajstić information content (AvgIpc) is 2.75. The topological polar surface area (TPSA) is 64.9 Å². The van der Waals surface area contributed by atoms with Crippen molar-refractivity contribution in [2.75, 3.05) is 6.54 Å². The summed E-state index contributed by atoms with van der Waals surface area (Å²) in [6.07, 6.45) is -1.49. The maximum atomic E-state index is 12.2. The van der Waals surface area contributed by atoms with E-state index in [1.165, 1.54) is 0 Å². The average molecular weight is 263 g/mol. The molecule has 1 saturated carbocycles. The van der Waals surface area contributed by atoms with E-state index in [1.54, 1.807) is 0 Å². The summed E-state index contributed by atoms with van der Waals surface area (Å²) in [5.74, 6) is 0.263. The molecule has 0 radical (unpaired) electrons. The third-order valence-corrected chi connectivity index (χ3v) is 3.37. The van der Waals surface area contributed by atoms with E-state index in [-0.39, 0.29) is 17.7 Å². The van der Waals surface area contributed by atoms with Gasteiger partial charge in [0.15, 0.2) is 5.82 Å². The SMILES string of the molecule is NCC1CCCCC1c1nc(CC(F)(F)F)no1. The fraction of sp³-hybridized carbons (Fsp3) is 0.818. The molecule has 18 heavy (non-hydrogen) atoms. The number of hydrogen-bond donors (Lipinski definition) is 1. The monoisotopic (exact) mass is 263 g/mol. The molecule has 0 spiro atoms. The molecule has 0 aliphatic heterocycles. The zero-order valence-corrected chi connectivity index (χ0v) is 9.91. The molecular weight excluding hydrogens is 247 g/mol. The van der Waals surface area contributed by atoms with E-state index in [9.17, 15) is 13.2 Å². The van der Waals surface area contributed by atoms with Crippen molar-refractivity contribution in [3.8, 4) is 0 Å². The Morgan fingerprint density at radius 1 is 1.28 bits per heavy atom. The molecule has 7 heteroatoms. The molecule has 2 unspecified atom stereocenters. The van der Waals surface area contributed by atoms with Crippen molar-refractivity contribution in [2.45, 2.75) is 44.2 Å². The van der Waals surface area contributed by atoms with Crippen LogP contribution in [0.4, 0.5) is 13.2 Å². The van der Waals surface area contributed by atoms with Gasteiger partial charge >= 0.3 is 6.18 Å². The van der Waals surface area contributed by atoms with Gasteiger partial charge in [-0.2, -0.15) is 18.2 Å². The summed E-state index contributed by atoms with van der Waals surface area (Å²) in [4.78, 5) is 3.86. The van der Waals surface area contributed by atoms with E-state index in [1.807, 2.05) is 0 Å². The zero-order chi connectivity index (χ0) is 13.2. The van der Waals surface area contributed by atoms with Crippen molar-refractivity contribution in [1.29, 1.82) is 0 Å². The molecule has 1 aromatic rings. The van der Waals surface area contributed by atoms with Crippen LogP contribution in [-0.4, -0.2) is 22.9 Å². The van der Waals surface area contributed by atoms with Gasteiger partial charge in [0.25, 0.3) is 0 Å². The summed E-state index contributed by atoms with van der Waals surface area (Å²) < 4.78 is 41.5. The van der Waals surface area contributed by atoms with E-state index in [0.29, 0.717) is 12.4 Å². The van der Waals surface area contributed by atoms with Gasteiger partial charge in [0.2, 0.25) is 5.89 Å². The summed E-state index contributed by atoms with van der Waals surface area (Å²) in [5.41, 5.74) is 5.67. The number of nitrogens with zero attached hydrogens (tertiary/aromatic N) is 2. The Morgan fingerprint density at radius 2 is 2.00 bits per heavy atom. The van der Waals surface area contributed by atoms with Crippen LogP contribution in [0.3, 0.4) is 0 Å². The quantitative estimate of drug-likeness (QED) is 0.909. The largest absolute Gasteiger partial charge is 0.396 e. The van der Waals surface area contributed by atoms with Crippen LogP contribution in [0.2, 0.25) is 0 Å². The lowest BCUT2D eigenvalue weighted by atomic mass is 9.79. The maximum Gasteiger partial charge on any atom is 0.396 e. The summed E-state index contributed by atoms with van der Waals surface area (Å²) in [5, 5.41) is 3.40. The summed E-state index contributed by atoms with van der Waals surface area (Å²) in [6.45, 7) is 0.502. The third kappa shape index (κ3) is 3.22. The Bertz CT molecular complexity index is 391. The van der Waals surface area contributed by atoms with Crippen molar-refractivity contribution >= 4 is 0 Å². The van der Waals surface area contributed by atoms with Gasteiger partial charge in [-0.05, 0) is 25.3 Å². The summed E-state index contributed by atoms with van der Waals surface area (Å²) in [7, 11) is 0. The number of halogens is 3. The molecule has 2 rings (SSSR count). The normalized spacial score (nSPS) is 25.3. The lowest BCUT2D eigenvalue weighted by Gasteiger charge is -2.27. The lowest BCUT2D eigenvalue weighted by molar-refractivity contribution is -0.128. The van der Waals surface area contributed by atoms with Crippen LogP contribution in [-0.2, 0) is 6.42 Å². The van der Waals surface area contributed by atoms with Crippen LogP contribution >= 0.6 is 0 Å². The van der Waals surface area contributed by atoms with Crippen LogP contribution in [0, 0.1) is 5.92 Å². The van der Waals surface area contributed by atoms with Crippen molar-refractivity contribution in [3.63, 3.8) is 0 Å². The minimum Gasteiger partial charge on any atom is -0.339 e. The minimum absolute atomic E-state index is 0.0123. The second kappa shape index (κ2) is 5.26. The van der Waals surface area contributed by atoms with Crippen LogP contribution < -0.4 is 5.73 Å². The molecule has 1 aliphatic carbocycles. The Balaban J connectivity index is 2.08. The highest BCUT2D eigenvalue weighted by atomic mass is 19.4. The molecule has 0 amide bonds. The van der Waals surface area contributed by atoms with E-state index in [0.717, 1.165) is 25.7 Å². The van der Waals surface area contributed by atoms with E-state index in [2.05, 4.69) is 10.1 Å². The Labute approximate surface area is 103 Å². The molecule has 1 heterocycles. The van der Waals surface area contributed by atoms with Gasteiger partial charge in [-0.15, -0.1) is 0 Å². The smallest absolute Gasteiger partial charge is 0.339 e. The summed E-state index contributed by atoms with van der Waals surface area (Å²) >= 11 is 0. The second-order valence-electron chi connectivity index (χ2n) is 4.73. The lowest BCUT2D eigenvalue weighted by Crippen LogP contribution is -2.25. The van der Waals surface area contributed by atoms with Gasteiger partial charge in [0, 0.05) is 5.92 Å². The molecule has 1 fully saturated rings. The van der Waals surface area contributed by atoms with Gasteiger partial charge in [-0.1, -0.05) is 18.0 Å². The number of nitrogens with two attached hydrogens (primary N) is 1. The molecule has 2 N–H and O–H groups in total. The van der Waals surface area contributed by atoms with Gasteiger partial charge in [0.05, 0.1) is 0 Å². The number of aromatic nitrogens is 2. The molecule has 2 atom stereocenters. The maximum absolute atomic E-state index is 12.2. The van der Waals surface area contributed by atoms with Crippen molar-refractivity contribution < 1.29 is 17.7 Å². The second-order valence-corrected chi connectivity index (χ2v) is 4.73. The van der Waals surface area contributed by atoms with E-state index >= 15 is 0 Å². The van der Waals surface area contributed by atoms with Gasteiger partial charge in [-0.3, -0.25) is 0 Å². The first-order valence-corrected chi connectivity index (χ1v) is 6.09. The molecule has 4 nitrogen and oxygen atoms in total. The number of rotatable bonds is 3. The van der Waals surface area contributed by atoms with Crippen LogP contribution in [0.25, 0.3) is 0 Å². The molecule has 102 valence electrons. The van der Waals surface area contributed by atoms with Crippen molar-refractivity contribution in [2.24, 2.45) is 11.7 Å². The van der Waals surface area contributed by atoms with Crippen LogP contribution in [0.1, 0.15) is 43.3 Å². The van der Waals surface area contributed by atoms with Crippen LogP contribution in [0.15, 0.2) is 4.52 Å². The van der Waals surface area contributed by atoms with E-state index in [4.69, 9.17) is 10.3 Å². The Kier molecular flexibility index (Phi) is 3.89. The standard InChI is InChI=1S/C11H16F3N3O/c12-11(13,14)5-9-16-10(18-17-9)8-4-2-1-3-7(8)6-15/h7-8H,1-6,15H2. The first-order valence-electron chi connectivity index (χ1n) is 6.09. The molecule has 0 saturated heterocycles. The Morgan fingerprint density at radius 3 is 2.67 bits per heavy atom. The van der Waals surface area contributed by atoms with E-state index < -0.39 is 12.6 Å². The molecular formula is C11H16F3N3O. The fourth-order valence-corrected chi connectivity index (χ4v) is 2.48. The van der Waals surface area contributed by atoms with Crippen molar-refractivity contribution in [1.82, 2.24) is 10.1 Å². The highest BCUT2D eigenvalue weighted by Crippen LogP contribution is 2.36. The summed E-state index contributed by atoms with van der Waals surface area (Å²) in [6, 6.07) is 0. The first-order chi connectivity index (χ1) is 8.49. The first kappa shape index (κ1) is 13.3. The van der Waals surface area contributed by atoms with Gasteiger partial charge in [0.1, 0.15) is 6.42 Å². The number of alkyl halides is 3. The predicted octanol–water partition coefficient (Wildman–Crippen LogP) is 2.41. The molecule has 1 aromatic heterocycles. The van der Waals surface area contributed by atoms with Gasteiger partial charge in [-0.25, -0.2) is 0 Å². The highest BCUT2D eigenvalue weighted by molar-refractivity contribution is 4.99. The highest BCUT2D eigenvalue weighted by Gasteiger charge is 2.33. The third-order valence-electron chi connectivity index (χ3n) is 3.37. The number of hydrogen-bond acceptors (Lipinski definition) is 4. The van der Waals surface area contributed by atoms with Crippen molar-refractivity contribution in [3.05, 3.63) is 11.7 Å². The van der Waals surface area contributed by atoms with Gasteiger partial charge < -0.3 is 10.3 Å². The zero-order valence-electron chi connectivity index (χ0n) is 9.91. The Hall–Kier alpha value is -1.11. The van der Waals surface area contributed by atoms with Crippen LogP contribution in [0.5, 0.6) is 0 Å². The molecule has 1 aliphatic rings. The minimum atomic E-state index is -4.30. The fourth-order valence-electron chi connectivity index (χ4n) is 2.48.